The number of hydrogen-bond donors (Lipinski definition) is 4. The highest BCUT2D eigenvalue weighted by Crippen LogP contribution is 2.23. The number of amides is 2. The number of alkyl halides is 4. The van der Waals surface area contributed by atoms with Crippen molar-refractivity contribution < 1.29 is 37.4 Å². The highest BCUT2D eigenvalue weighted by molar-refractivity contribution is 6.00. The molecule has 0 radical (unpaired) electrons. The first-order valence-electron chi connectivity index (χ1n) is 5.40. The molecule has 10 heteroatoms. The Bertz CT molecular complexity index is 551. The van der Waals surface area contributed by atoms with Gasteiger partial charge in [0.05, 0.1) is 17.8 Å². The second-order valence-electron chi connectivity index (χ2n) is 3.90. The van der Waals surface area contributed by atoms with E-state index >= 15 is 0 Å². The Labute approximate surface area is 115 Å². The van der Waals surface area contributed by atoms with Crippen LogP contribution in [-0.4, -0.2) is 41.1 Å². The van der Waals surface area contributed by atoms with Crippen LogP contribution in [0.4, 0.5) is 28.0 Å². The van der Waals surface area contributed by atoms with Crippen LogP contribution in [0, 0.1) is 0 Å². The lowest BCUT2D eigenvalue weighted by Gasteiger charge is -2.16. The molecule has 0 aliphatic heterocycles. The van der Waals surface area contributed by atoms with Crippen LogP contribution in [0.5, 0.6) is 5.75 Å². The summed E-state index contributed by atoms with van der Waals surface area (Å²) in [5, 5.41) is 21.4. The molecule has 1 aromatic rings. The van der Waals surface area contributed by atoms with Crippen LogP contribution in [0.3, 0.4) is 0 Å². The zero-order valence-corrected chi connectivity index (χ0v) is 10.2. The molecule has 6 nitrogen and oxygen atoms in total. The fourth-order valence-electron chi connectivity index (χ4n) is 1.26. The van der Waals surface area contributed by atoms with Gasteiger partial charge in [0.1, 0.15) is 5.75 Å². The monoisotopic (exact) mass is 310 g/mol. The molecule has 21 heavy (non-hydrogen) atoms. The molecule has 0 aliphatic carbocycles. The van der Waals surface area contributed by atoms with Gasteiger partial charge >= 0.3 is 24.3 Å². The van der Waals surface area contributed by atoms with E-state index in [1.165, 1.54) is 5.32 Å². The van der Waals surface area contributed by atoms with Crippen molar-refractivity contribution in [2.24, 2.45) is 0 Å². The Morgan fingerprint density at radius 2 is 1.90 bits per heavy atom. The van der Waals surface area contributed by atoms with Gasteiger partial charge in [0.2, 0.25) is 0 Å². The quantitative estimate of drug-likeness (QED) is 0.494. The molecule has 0 atom stereocenters. The third-order valence-electron chi connectivity index (χ3n) is 2.29. The van der Waals surface area contributed by atoms with Crippen LogP contribution in [0.15, 0.2) is 18.2 Å². The van der Waals surface area contributed by atoms with Crippen LogP contribution < -0.4 is 10.6 Å². The van der Waals surface area contributed by atoms with E-state index in [1.807, 2.05) is 5.32 Å². The second kappa shape index (κ2) is 6.29. The van der Waals surface area contributed by atoms with E-state index in [1.54, 1.807) is 0 Å². The van der Waals surface area contributed by atoms with Gasteiger partial charge in [-0.15, -0.1) is 0 Å². The maximum Gasteiger partial charge on any atom is 0.337 e. The topological polar surface area (TPSA) is 98.7 Å². The lowest BCUT2D eigenvalue weighted by Crippen LogP contribution is -2.43. The summed E-state index contributed by atoms with van der Waals surface area (Å²) in [4.78, 5) is 22.1. The van der Waals surface area contributed by atoms with Crippen LogP contribution in [0.1, 0.15) is 10.4 Å². The second-order valence-corrected chi connectivity index (χ2v) is 3.90. The first-order chi connectivity index (χ1) is 9.63. The Morgan fingerprint density at radius 3 is 2.43 bits per heavy atom. The van der Waals surface area contributed by atoms with Gasteiger partial charge in [0, 0.05) is 0 Å². The van der Waals surface area contributed by atoms with Gasteiger partial charge in [-0.05, 0) is 18.2 Å². The smallest absolute Gasteiger partial charge is 0.337 e. The van der Waals surface area contributed by atoms with Crippen molar-refractivity contribution in [2.45, 2.75) is 12.3 Å². The van der Waals surface area contributed by atoms with Gasteiger partial charge in [-0.3, -0.25) is 0 Å². The van der Waals surface area contributed by atoms with Crippen LogP contribution in [0.2, 0.25) is 0 Å². The molecule has 4 N–H and O–H groups in total. The van der Waals surface area contributed by atoms with Gasteiger partial charge in [-0.1, -0.05) is 0 Å². The normalized spacial score (nSPS) is 11.3. The van der Waals surface area contributed by atoms with E-state index in [-0.39, 0.29) is 11.4 Å². The van der Waals surface area contributed by atoms with Crippen LogP contribution in [-0.2, 0) is 0 Å². The molecular weight excluding hydrogens is 300 g/mol. The summed E-state index contributed by atoms with van der Waals surface area (Å²) in [6, 6.07) is 1.61. The molecule has 2 amide bonds. The number of phenols is 1. The van der Waals surface area contributed by atoms with Crippen molar-refractivity contribution in [2.75, 3.05) is 11.9 Å². The summed E-state index contributed by atoms with van der Waals surface area (Å²) >= 11 is 0. The number of benzene rings is 1. The average Bonchev–Trinajstić information content (AvgIpc) is 2.38. The minimum atomic E-state index is -4.40. The number of carboxylic acid groups (broad SMARTS) is 1. The number of urea groups is 1. The first-order valence-corrected chi connectivity index (χ1v) is 5.40. The summed E-state index contributed by atoms with van der Waals surface area (Å²) < 4.78 is 48.9. The van der Waals surface area contributed by atoms with E-state index in [9.17, 15) is 27.2 Å². The average molecular weight is 310 g/mol. The van der Waals surface area contributed by atoms with Crippen molar-refractivity contribution in [1.29, 1.82) is 0 Å². The molecule has 1 aromatic carbocycles. The Morgan fingerprint density at radius 1 is 1.29 bits per heavy atom. The van der Waals surface area contributed by atoms with E-state index in [2.05, 4.69) is 0 Å². The molecule has 1 rings (SSSR count). The Kier molecular flexibility index (Phi) is 4.95. The third kappa shape index (κ3) is 4.51. The van der Waals surface area contributed by atoms with Crippen molar-refractivity contribution in [3.05, 3.63) is 23.8 Å². The molecule has 0 aliphatic rings. The summed E-state index contributed by atoms with van der Waals surface area (Å²) in [5.41, 5.74) is -0.788. The van der Waals surface area contributed by atoms with E-state index in [0.717, 1.165) is 18.2 Å². The van der Waals surface area contributed by atoms with Crippen molar-refractivity contribution >= 4 is 17.7 Å². The number of nitrogens with one attached hydrogen (secondary N) is 2. The zero-order chi connectivity index (χ0) is 16.2. The molecule has 0 fully saturated rings. The number of carbonyl (C=O) groups is 2. The van der Waals surface area contributed by atoms with Gasteiger partial charge in [-0.25, -0.2) is 18.4 Å². The van der Waals surface area contributed by atoms with Gasteiger partial charge in [0.15, 0.2) is 0 Å². The third-order valence-corrected chi connectivity index (χ3v) is 2.29. The lowest BCUT2D eigenvalue weighted by molar-refractivity contribution is -0.123. The number of halogens is 4. The molecule has 0 aromatic heterocycles. The molecular formula is C11H10F4N2O4. The van der Waals surface area contributed by atoms with E-state index < -0.39 is 36.5 Å². The summed E-state index contributed by atoms with van der Waals surface area (Å²) in [5.74, 6) is -6.27. The number of carbonyl (C=O) groups excluding carboxylic acids is 1. The summed E-state index contributed by atoms with van der Waals surface area (Å²) in [6.07, 6.45) is -3.94. The molecule has 0 bridgehead atoms. The number of aromatic carboxylic acids is 1. The predicted octanol–water partition coefficient (Wildman–Crippen LogP) is 2.11. The molecule has 0 spiro atoms. The van der Waals surface area contributed by atoms with Gasteiger partial charge in [0.25, 0.3) is 0 Å². The molecule has 116 valence electrons. The fraction of sp³-hybridized carbons (Fsp3) is 0.273. The molecule has 0 saturated heterocycles. The summed E-state index contributed by atoms with van der Waals surface area (Å²) in [6.45, 7) is -1.61. The van der Waals surface area contributed by atoms with Gasteiger partial charge in [-0.2, -0.15) is 8.78 Å². The Balaban J connectivity index is 2.74. The van der Waals surface area contributed by atoms with Crippen molar-refractivity contribution in [3.63, 3.8) is 0 Å². The number of phenolic OH excluding ortho intramolecular Hbond substituents is 1. The molecule has 0 saturated carbocycles. The number of rotatable bonds is 5. The SMILES string of the molecule is O=C(NCC(F)(F)C(F)F)Nc1ccc(O)cc1C(=O)O. The predicted molar refractivity (Wildman–Crippen MR) is 63.0 cm³/mol. The maximum atomic E-state index is 12.6. The van der Waals surface area contributed by atoms with E-state index in [0.29, 0.717) is 0 Å². The first kappa shape index (κ1) is 16.5. The van der Waals surface area contributed by atoms with Crippen molar-refractivity contribution in [3.8, 4) is 5.75 Å². The number of carboxylic acids is 1. The number of hydrogen-bond acceptors (Lipinski definition) is 3. The highest BCUT2D eigenvalue weighted by Gasteiger charge is 2.40. The van der Waals surface area contributed by atoms with Gasteiger partial charge < -0.3 is 20.8 Å². The minimum absolute atomic E-state index is 0.293. The fourth-order valence-corrected chi connectivity index (χ4v) is 1.26. The Hall–Kier alpha value is -2.52. The van der Waals surface area contributed by atoms with Crippen LogP contribution >= 0.6 is 0 Å². The standard InChI is InChI=1S/C11H10F4N2O4/c12-9(13)11(14,15)4-16-10(21)17-7-2-1-5(18)3-6(7)8(19)20/h1-3,9,18H,4H2,(H,19,20)(H2,16,17,21). The lowest BCUT2D eigenvalue weighted by atomic mass is 10.1. The molecule has 0 heterocycles. The highest BCUT2D eigenvalue weighted by atomic mass is 19.3. The minimum Gasteiger partial charge on any atom is -0.508 e. The zero-order valence-electron chi connectivity index (χ0n) is 10.2. The maximum absolute atomic E-state index is 12.6. The summed E-state index contributed by atoms with van der Waals surface area (Å²) in [7, 11) is 0. The van der Waals surface area contributed by atoms with E-state index in [4.69, 9.17) is 10.2 Å². The largest absolute Gasteiger partial charge is 0.508 e. The van der Waals surface area contributed by atoms with Crippen molar-refractivity contribution in [1.82, 2.24) is 5.32 Å². The number of anilines is 1. The number of aromatic hydroxyl groups is 1. The molecule has 0 unspecified atom stereocenters. The van der Waals surface area contributed by atoms with Crippen LogP contribution in [0.25, 0.3) is 0 Å².